The molecule has 1 aromatic heterocycles. The minimum atomic E-state index is 0.134. The molecule has 92 valence electrons. The summed E-state index contributed by atoms with van der Waals surface area (Å²) in [5.74, 6) is 0.847. The lowest BCUT2D eigenvalue weighted by Gasteiger charge is -2.11. The summed E-state index contributed by atoms with van der Waals surface area (Å²) in [6.45, 7) is 3.96. The first kappa shape index (κ1) is 12.1. The Kier molecular flexibility index (Phi) is 2.99. The molecule has 4 nitrogen and oxygen atoms in total. The molecule has 0 aliphatic carbocycles. The Hall–Kier alpha value is -2.41. The maximum atomic E-state index is 9.13. The molecule has 1 heterocycles. The number of benzene rings is 1. The number of ether oxygens (including phenoxy) is 1. The van der Waals surface area contributed by atoms with Crippen LogP contribution in [0.2, 0.25) is 0 Å². The van der Waals surface area contributed by atoms with Crippen LogP contribution in [-0.2, 0) is 0 Å². The average molecular weight is 242 g/mol. The van der Waals surface area contributed by atoms with Crippen molar-refractivity contribution < 1.29 is 9.15 Å². The minimum Gasteiger partial charge on any atom is -0.496 e. The standard InChI is InChI=1S/C14H14N2O2/c1-8-4-9(2)13(12(5-8)17-3)11-7-18-14(16)10(11)6-15/h4-5,7H,16H2,1-3H3. The molecule has 18 heavy (non-hydrogen) atoms. The van der Waals surface area contributed by atoms with E-state index in [0.29, 0.717) is 16.9 Å². The van der Waals surface area contributed by atoms with Gasteiger partial charge in [-0.2, -0.15) is 5.26 Å². The number of nitrogens with two attached hydrogens (primary N) is 1. The summed E-state index contributed by atoms with van der Waals surface area (Å²) in [5.41, 5.74) is 9.61. The molecule has 4 heteroatoms. The van der Waals surface area contributed by atoms with Gasteiger partial charge in [-0.15, -0.1) is 0 Å². The molecule has 0 atom stereocenters. The predicted molar refractivity (Wildman–Crippen MR) is 69.3 cm³/mol. The molecule has 0 fully saturated rings. The Morgan fingerprint density at radius 2 is 2.06 bits per heavy atom. The van der Waals surface area contributed by atoms with Crippen molar-refractivity contribution in [2.75, 3.05) is 12.8 Å². The van der Waals surface area contributed by atoms with Crippen molar-refractivity contribution in [3.63, 3.8) is 0 Å². The Bertz CT molecular complexity index is 636. The van der Waals surface area contributed by atoms with Gasteiger partial charge in [0.1, 0.15) is 23.6 Å². The minimum absolute atomic E-state index is 0.134. The highest BCUT2D eigenvalue weighted by Gasteiger charge is 2.18. The summed E-state index contributed by atoms with van der Waals surface area (Å²) >= 11 is 0. The maximum Gasteiger partial charge on any atom is 0.208 e. The summed E-state index contributed by atoms with van der Waals surface area (Å²) in [5, 5.41) is 9.13. The van der Waals surface area contributed by atoms with Crippen LogP contribution in [0.5, 0.6) is 5.75 Å². The Morgan fingerprint density at radius 3 is 2.67 bits per heavy atom. The zero-order valence-corrected chi connectivity index (χ0v) is 10.6. The number of rotatable bonds is 2. The van der Waals surface area contributed by atoms with Crippen molar-refractivity contribution in [1.29, 1.82) is 5.26 Å². The van der Waals surface area contributed by atoms with E-state index in [1.165, 1.54) is 6.26 Å². The molecule has 0 saturated heterocycles. The predicted octanol–water partition coefficient (Wildman–Crippen LogP) is 3.03. The highest BCUT2D eigenvalue weighted by atomic mass is 16.5. The number of hydrogen-bond donors (Lipinski definition) is 1. The molecule has 0 spiro atoms. The highest BCUT2D eigenvalue weighted by molar-refractivity contribution is 5.81. The Morgan fingerprint density at radius 1 is 1.33 bits per heavy atom. The molecule has 0 unspecified atom stereocenters. The molecule has 0 aliphatic rings. The lowest BCUT2D eigenvalue weighted by molar-refractivity contribution is 0.416. The van der Waals surface area contributed by atoms with Crippen LogP contribution in [0.25, 0.3) is 11.1 Å². The quantitative estimate of drug-likeness (QED) is 0.878. The van der Waals surface area contributed by atoms with E-state index >= 15 is 0 Å². The topological polar surface area (TPSA) is 72.2 Å². The van der Waals surface area contributed by atoms with Gasteiger partial charge in [-0.3, -0.25) is 0 Å². The molecule has 0 saturated carbocycles. The van der Waals surface area contributed by atoms with E-state index in [9.17, 15) is 0 Å². The molecule has 0 radical (unpaired) electrons. The first-order valence-corrected chi connectivity index (χ1v) is 5.51. The molecule has 0 amide bonds. The second-order valence-electron chi connectivity index (χ2n) is 4.16. The molecule has 2 rings (SSSR count). The molecule has 2 N–H and O–H groups in total. The van der Waals surface area contributed by atoms with Crippen LogP contribution in [0.3, 0.4) is 0 Å². The molecular formula is C14H14N2O2. The third-order valence-corrected chi connectivity index (χ3v) is 2.86. The fourth-order valence-corrected chi connectivity index (χ4v) is 2.11. The molecule has 2 aromatic rings. The number of nitriles is 1. The van der Waals surface area contributed by atoms with Gasteiger partial charge in [0.25, 0.3) is 0 Å². The number of aryl methyl sites for hydroxylation is 2. The summed E-state index contributed by atoms with van der Waals surface area (Å²) in [4.78, 5) is 0. The summed E-state index contributed by atoms with van der Waals surface area (Å²) in [6.07, 6.45) is 1.49. The van der Waals surface area contributed by atoms with Crippen LogP contribution in [0.4, 0.5) is 5.88 Å². The van der Waals surface area contributed by atoms with Gasteiger partial charge in [-0.1, -0.05) is 6.07 Å². The SMILES string of the molecule is COc1cc(C)cc(C)c1-c1coc(N)c1C#N. The molecule has 1 aromatic carbocycles. The smallest absolute Gasteiger partial charge is 0.208 e. The van der Waals surface area contributed by atoms with Gasteiger partial charge in [-0.05, 0) is 31.0 Å². The zero-order chi connectivity index (χ0) is 13.3. The third-order valence-electron chi connectivity index (χ3n) is 2.86. The normalized spacial score (nSPS) is 10.1. The number of furan rings is 1. The third kappa shape index (κ3) is 1.80. The van der Waals surface area contributed by atoms with Crippen molar-refractivity contribution in [3.05, 3.63) is 35.1 Å². The van der Waals surface area contributed by atoms with Gasteiger partial charge in [0.2, 0.25) is 5.88 Å². The lowest BCUT2D eigenvalue weighted by Crippen LogP contribution is -1.94. The van der Waals surface area contributed by atoms with Crippen molar-refractivity contribution in [3.8, 4) is 22.9 Å². The van der Waals surface area contributed by atoms with Crippen molar-refractivity contribution in [1.82, 2.24) is 0 Å². The highest BCUT2D eigenvalue weighted by Crippen LogP contribution is 2.38. The van der Waals surface area contributed by atoms with Gasteiger partial charge in [0.15, 0.2) is 0 Å². The van der Waals surface area contributed by atoms with Crippen LogP contribution in [0, 0.1) is 25.2 Å². The van der Waals surface area contributed by atoms with E-state index in [1.807, 2.05) is 26.0 Å². The molecule has 0 aliphatic heterocycles. The van der Waals surface area contributed by atoms with E-state index in [2.05, 4.69) is 6.07 Å². The summed E-state index contributed by atoms with van der Waals surface area (Å²) in [6, 6.07) is 6.01. The van der Waals surface area contributed by atoms with Crippen LogP contribution >= 0.6 is 0 Å². The Labute approximate surface area is 106 Å². The van der Waals surface area contributed by atoms with Crippen LogP contribution < -0.4 is 10.5 Å². The van der Waals surface area contributed by atoms with Gasteiger partial charge >= 0.3 is 0 Å². The average Bonchev–Trinajstić information content (AvgIpc) is 2.69. The van der Waals surface area contributed by atoms with Crippen LogP contribution in [-0.4, -0.2) is 7.11 Å². The summed E-state index contributed by atoms with van der Waals surface area (Å²) in [7, 11) is 1.60. The van der Waals surface area contributed by atoms with Gasteiger partial charge in [-0.25, -0.2) is 0 Å². The first-order chi connectivity index (χ1) is 8.58. The second kappa shape index (κ2) is 4.46. The van der Waals surface area contributed by atoms with Crippen LogP contribution in [0.1, 0.15) is 16.7 Å². The largest absolute Gasteiger partial charge is 0.496 e. The molecular weight excluding hydrogens is 228 g/mol. The number of hydrogen-bond acceptors (Lipinski definition) is 4. The van der Waals surface area contributed by atoms with Crippen molar-refractivity contribution in [2.24, 2.45) is 0 Å². The van der Waals surface area contributed by atoms with E-state index < -0.39 is 0 Å². The molecule has 0 bridgehead atoms. The number of nitrogen functional groups attached to an aromatic ring is 1. The second-order valence-corrected chi connectivity index (χ2v) is 4.16. The zero-order valence-electron chi connectivity index (χ0n) is 10.6. The monoisotopic (exact) mass is 242 g/mol. The van der Waals surface area contributed by atoms with Gasteiger partial charge in [0.05, 0.1) is 7.11 Å². The Balaban J connectivity index is 2.75. The number of methoxy groups -OCH3 is 1. The fraction of sp³-hybridized carbons (Fsp3) is 0.214. The lowest BCUT2D eigenvalue weighted by atomic mass is 9.97. The maximum absolute atomic E-state index is 9.13. The fourth-order valence-electron chi connectivity index (χ4n) is 2.11. The van der Waals surface area contributed by atoms with E-state index in [4.69, 9.17) is 20.1 Å². The van der Waals surface area contributed by atoms with Crippen LogP contribution in [0.15, 0.2) is 22.8 Å². The number of anilines is 1. The van der Waals surface area contributed by atoms with Crippen molar-refractivity contribution in [2.45, 2.75) is 13.8 Å². The van der Waals surface area contributed by atoms with Gasteiger partial charge < -0.3 is 14.9 Å². The van der Waals surface area contributed by atoms with Crippen molar-refractivity contribution >= 4 is 5.88 Å². The van der Waals surface area contributed by atoms with E-state index in [1.54, 1.807) is 7.11 Å². The first-order valence-electron chi connectivity index (χ1n) is 5.51. The van der Waals surface area contributed by atoms with Gasteiger partial charge in [0, 0.05) is 11.1 Å². The van der Waals surface area contributed by atoms with E-state index in [0.717, 1.165) is 16.7 Å². The summed E-state index contributed by atoms with van der Waals surface area (Å²) < 4.78 is 10.5. The van der Waals surface area contributed by atoms with E-state index in [-0.39, 0.29) is 5.88 Å². The number of nitrogens with zero attached hydrogens (tertiary/aromatic N) is 1.